The Balaban J connectivity index is 0. The summed E-state index contributed by atoms with van der Waals surface area (Å²) in [7, 11) is 10.8. The van der Waals surface area contributed by atoms with Crippen LogP contribution in [0.25, 0.3) is 0 Å². The van der Waals surface area contributed by atoms with Gasteiger partial charge in [0.05, 0.1) is 0 Å². The summed E-state index contributed by atoms with van der Waals surface area (Å²) in [5, 5.41) is 0. The first-order chi connectivity index (χ1) is 1.73. The van der Waals surface area contributed by atoms with E-state index in [1.165, 1.54) is 0 Å². The molecular weight excluding hydrogens is 152 g/mol. The first kappa shape index (κ1) is 5.80. The Labute approximate surface area is 34.2 Å². The molecule has 0 rings (SSSR count). The van der Waals surface area contributed by atoms with Gasteiger partial charge in [-0.15, -0.1) is 0 Å². The van der Waals surface area contributed by atoms with E-state index in [-0.39, 0.29) is 1.43 Å². The molecule has 0 nitrogen and oxygen atoms in total. The zero-order valence-electron chi connectivity index (χ0n) is 2.67. The molecule has 0 radical (unpaired) electrons. The van der Waals surface area contributed by atoms with Gasteiger partial charge < -0.3 is 0 Å². The molecule has 24 valence electrons. The fourth-order valence-electron chi connectivity index (χ4n) is 0. The number of hydrogen-bond donors (Lipinski definition) is 0. The predicted octanol–water partition coefficient (Wildman–Crippen LogP) is 2.69. The Kier molecular flexibility index (Phi) is 4.35. The van der Waals surface area contributed by atoms with Crippen LogP contribution in [0, 0.1) is 0 Å². The van der Waals surface area contributed by atoms with Gasteiger partial charge >= 0.3 is 33.7 Å². The second kappa shape index (κ2) is 3.00. The molecule has 0 aliphatic carbocycles. The summed E-state index contributed by atoms with van der Waals surface area (Å²) in [4.78, 5) is 0. The van der Waals surface area contributed by atoms with Crippen molar-refractivity contribution in [3.8, 4) is 0 Å². The summed E-state index contributed by atoms with van der Waals surface area (Å²) in [6.45, 7) is 0. The molecule has 0 bridgehead atoms. The summed E-state index contributed by atoms with van der Waals surface area (Å²) < 4.78 is 0. The molecule has 0 saturated carbocycles. The Morgan fingerprint density at radius 2 is 1.25 bits per heavy atom. The molecule has 0 aromatic carbocycles. The molecule has 0 heterocycles. The van der Waals surface area contributed by atoms with E-state index in [1.54, 1.807) is 0 Å². The zero-order chi connectivity index (χ0) is 3.58. The average Bonchev–Trinajstić information content (AvgIpc) is 0.811. The molecule has 0 fully saturated rings. The molecule has 0 aliphatic heterocycles. The summed E-state index contributed by atoms with van der Waals surface area (Å²) in [5.74, 6) is 0. The van der Waals surface area contributed by atoms with Crippen LogP contribution < -0.4 is 0 Å². The van der Waals surface area contributed by atoms with E-state index in [1.807, 2.05) is 0 Å². The van der Waals surface area contributed by atoms with Crippen molar-refractivity contribution in [2.45, 2.75) is 0 Å². The van der Waals surface area contributed by atoms with Gasteiger partial charge in [0.15, 0.2) is 0 Å². The standard InChI is InChI=1S/Co.3P/p+1. The van der Waals surface area contributed by atoms with E-state index in [0.29, 0.717) is 0 Å². The molecular formula is HCoP3+. The molecule has 4 heteroatoms. The van der Waals surface area contributed by atoms with Crippen LogP contribution in [0.1, 0.15) is 1.43 Å². The Hall–Kier alpha value is 1.80. The molecule has 0 aliphatic rings. The van der Waals surface area contributed by atoms with Crippen molar-refractivity contribution in [1.82, 2.24) is 0 Å². The molecule has 0 unspecified atom stereocenters. The van der Waals surface area contributed by atoms with Gasteiger partial charge in [0.25, 0.3) is 0 Å². The van der Waals surface area contributed by atoms with Crippen molar-refractivity contribution in [3.63, 3.8) is 0 Å². The second-order valence-corrected chi connectivity index (χ2v) is 7.42. The summed E-state index contributed by atoms with van der Waals surface area (Å²) in [6.07, 6.45) is 0. The summed E-state index contributed by atoms with van der Waals surface area (Å²) in [6, 6.07) is 0. The van der Waals surface area contributed by atoms with Gasteiger partial charge in [0, 0.05) is 0 Å². The molecule has 0 spiro atoms. The van der Waals surface area contributed by atoms with Crippen LogP contribution in [0.15, 0.2) is 0 Å². The van der Waals surface area contributed by atoms with Gasteiger partial charge in [-0.1, -0.05) is 0 Å². The van der Waals surface area contributed by atoms with E-state index < -0.39 is 10.3 Å². The van der Waals surface area contributed by atoms with Crippen molar-refractivity contribution in [1.29, 1.82) is 0 Å². The first-order valence-corrected chi connectivity index (χ1v) is 5.53. The molecule has 0 atom stereocenters. The van der Waals surface area contributed by atoms with Gasteiger partial charge in [0.1, 0.15) is 0 Å². The van der Waals surface area contributed by atoms with Gasteiger partial charge in [-0.2, -0.15) is 0 Å². The van der Waals surface area contributed by atoms with Crippen molar-refractivity contribution in [3.05, 3.63) is 0 Å². The summed E-state index contributed by atoms with van der Waals surface area (Å²) >= 11 is 0. The summed E-state index contributed by atoms with van der Waals surface area (Å²) in [5.41, 5.74) is 0. The zero-order valence-corrected chi connectivity index (χ0v) is 5.40. The van der Waals surface area contributed by atoms with Crippen LogP contribution in [0.2, 0.25) is 0 Å². The van der Waals surface area contributed by atoms with Crippen LogP contribution in [0.4, 0.5) is 0 Å². The molecule has 4 heavy (non-hydrogen) atoms. The van der Waals surface area contributed by atoms with Gasteiger partial charge in [-0.3, -0.25) is 0 Å². The van der Waals surface area contributed by atoms with Crippen LogP contribution in [-0.2, 0) is 10.3 Å². The Bertz CT molecular complexity index is 222. The first-order valence-electron chi connectivity index (χ1n) is 0.447. The fourth-order valence-corrected chi connectivity index (χ4v) is 0. The van der Waals surface area contributed by atoms with Crippen LogP contribution >= 0.6 is 22.0 Å². The predicted molar refractivity (Wildman–Crippen MR) is 21.9 cm³/mol. The normalized spacial score (nSPS) is 5.25. The van der Waals surface area contributed by atoms with Crippen LogP contribution in [0.3, 0.4) is 0 Å². The minimum atomic E-state index is -0.521. The van der Waals surface area contributed by atoms with E-state index in [4.69, 9.17) is 0 Å². The molecule has 0 amide bonds. The second-order valence-electron chi connectivity index (χ2n) is 0.200. The quantitative estimate of drug-likeness (QED) is 0.469. The topological polar surface area (TPSA) is 0 Å². The Morgan fingerprint density at radius 3 is 1.25 bits per heavy atom. The molecule has 0 N–H and O–H groups in total. The van der Waals surface area contributed by atoms with Crippen molar-refractivity contribution in [2.75, 3.05) is 0 Å². The molecule has 0 saturated heterocycles. The third-order valence-electron chi connectivity index (χ3n) is 0. The van der Waals surface area contributed by atoms with Gasteiger partial charge in [-0.25, -0.2) is 0 Å². The molecule has 0 aromatic rings. The average molecular weight is 153 g/mol. The monoisotopic (exact) mass is 153 g/mol. The molecule has 0 aromatic heterocycles. The number of hydrogen-bond acceptors (Lipinski definition) is 0. The van der Waals surface area contributed by atoms with Crippen molar-refractivity contribution < 1.29 is 11.7 Å². The van der Waals surface area contributed by atoms with Crippen molar-refractivity contribution in [2.24, 2.45) is 0 Å². The van der Waals surface area contributed by atoms with E-state index in [2.05, 4.69) is 22.0 Å². The van der Waals surface area contributed by atoms with E-state index in [9.17, 15) is 0 Å². The maximum atomic E-state index is 3.76. The SMILES string of the molecule is [H+].[P]#[Co](#[P])#[P]. The maximum absolute atomic E-state index is 3.76. The van der Waals surface area contributed by atoms with Crippen LogP contribution in [0.5, 0.6) is 0 Å². The van der Waals surface area contributed by atoms with Crippen molar-refractivity contribution >= 4 is 22.0 Å². The van der Waals surface area contributed by atoms with E-state index in [0.717, 1.165) is 0 Å². The Morgan fingerprint density at radius 1 is 1.25 bits per heavy atom. The minimum absolute atomic E-state index is 0. The fraction of sp³-hybridized carbons (Fsp3) is 0. The third-order valence-corrected chi connectivity index (χ3v) is 0. The number of rotatable bonds is 0. The van der Waals surface area contributed by atoms with Gasteiger partial charge in [-0.05, 0) is 0 Å². The van der Waals surface area contributed by atoms with Crippen LogP contribution in [-0.4, -0.2) is 0 Å². The van der Waals surface area contributed by atoms with Gasteiger partial charge in [0.2, 0.25) is 0 Å². The third kappa shape index (κ3) is 9.20. The van der Waals surface area contributed by atoms with E-state index >= 15 is 0 Å².